The molecule has 3 atom stereocenters. The average molecular weight is 568 g/mol. The Morgan fingerprint density at radius 3 is 2.65 bits per heavy atom. The van der Waals surface area contributed by atoms with Crippen molar-refractivity contribution in [3.63, 3.8) is 0 Å². The van der Waals surface area contributed by atoms with Crippen LogP contribution in [0.2, 0.25) is 0 Å². The van der Waals surface area contributed by atoms with Gasteiger partial charge in [0, 0.05) is 44.7 Å². The Hall–Kier alpha value is -3.08. The number of halogens is 1. The van der Waals surface area contributed by atoms with E-state index in [9.17, 15) is 14.0 Å². The van der Waals surface area contributed by atoms with E-state index in [0.717, 1.165) is 64.1 Å². The van der Waals surface area contributed by atoms with E-state index >= 15 is 0 Å². The third-order valence-electron chi connectivity index (χ3n) is 8.01. The van der Waals surface area contributed by atoms with Crippen LogP contribution >= 0.6 is 11.3 Å². The van der Waals surface area contributed by atoms with Gasteiger partial charge in [-0.25, -0.2) is 14.2 Å². The first-order valence-electron chi connectivity index (χ1n) is 14.1. The molecule has 0 spiro atoms. The van der Waals surface area contributed by atoms with Crippen LogP contribution in [0.1, 0.15) is 52.7 Å². The number of hydrogen-bond donors (Lipinski definition) is 2. The number of aromatic nitrogens is 1. The predicted octanol–water partition coefficient (Wildman–Crippen LogP) is 5.35. The lowest BCUT2D eigenvalue weighted by molar-refractivity contribution is 0.0871. The van der Waals surface area contributed by atoms with Gasteiger partial charge in [0.25, 0.3) is 0 Å². The minimum absolute atomic E-state index is 0.0357. The van der Waals surface area contributed by atoms with Gasteiger partial charge in [-0.05, 0) is 81.3 Å². The number of piperidine rings is 2. The van der Waals surface area contributed by atoms with E-state index in [1.54, 1.807) is 31.6 Å². The molecule has 2 aliphatic rings. The predicted molar refractivity (Wildman–Crippen MR) is 154 cm³/mol. The molecular formula is C30H38FN5O3S. The van der Waals surface area contributed by atoms with E-state index < -0.39 is 0 Å². The molecule has 2 fully saturated rings. The molecule has 4 heterocycles. The SMILES string of the molecule is CC(=O)c1sc(NC(=O)N[C@H]2CN(Cc3ccoc3)CC[C@H]2CN2CCC[C@@H](Cc3ccc(F)cc3)C2)nc1C. The van der Waals surface area contributed by atoms with Gasteiger partial charge in [0.15, 0.2) is 10.9 Å². The van der Waals surface area contributed by atoms with Gasteiger partial charge in [-0.2, -0.15) is 0 Å². The van der Waals surface area contributed by atoms with Crippen LogP contribution in [-0.4, -0.2) is 65.4 Å². The highest BCUT2D eigenvalue weighted by Crippen LogP contribution is 2.27. The highest BCUT2D eigenvalue weighted by molar-refractivity contribution is 7.17. The highest BCUT2D eigenvalue weighted by atomic mass is 32.1. The fraction of sp³-hybridized carbons (Fsp3) is 0.500. The molecule has 8 nitrogen and oxygen atoms in total. The number of ketones is 1. The summed E-state index contributed by atoms with van der Waals surface area (Å²) >= 11 is 1.21. The summed E-state index contributed by atoms with van der Waals surface area (Å²) in [5, 5.41) is 6.53. The van der Waals surface area contributed by atoms with Gasteiger partial charge in [-0.1, -0.05) is 23.5 Å². The van der Waals surface area contributed by atoms with Crippen LogP contribution < -0.4 is 10.6 Å². The number of nitrogens with one attached hydrogen (secondary N) is 2. The Balaban J connectivity index is 1.22. The molecule has 2 amide bonds. The van der Waals surface area contributed by atoms with Crippen LogP contribution in [-0.2, 0) is 13.0 Å². The van der Waals surface area contributed by atoms with E-state index in [1.165, 1.54) is 30.2 Å². The maximum atomic E-state index is 13.4. The first kappa shape index (κ1) is 28.4. The van der Waals surface area contributed by atoms with Gasteiger partial charge in [0.2, 0.25) is 0 Å². The van der Waals surface area contributed by atoms with Crippen molar-refractivity contribution < 1.29 is 18.4 Å². The van der Waals surface area contributed by atoms with Crippen LogP contribution in [0.25, 0.3) is 0 Å². The molecule has 0 radical (unpaired) electrons. The average Bonchev–Trinajstić information content (AvgIpc) is 3.56. The summed E-state index contributed by atoms with van der Waals surface area (Å²) in [6.07, 6.45) is 7.72. The Kier molecular flexibility index (Phi) is 9.29. The monoisotopic (exact) mass is 567 g/mol. The Bertz CT molecular complexity index is 1280. The lowest BCUT2D eigenvalue weighted by Crippen LogP contribution is -2.56. The van der Waals surface area contributed by atoms with Gasteiger partial charge in [0.05, 0.1) is 23.1 Å². The van der Waals surface area contributed by atoms with Crippen LogP contribution in [0.3, 0.4) is 0 Å². The number of amides is 2. The minimum Gasteiger partial charge on any atom is -0.472 e. The standard InChI is InChI=1S/C30H38FN5O3S/c1-20-28(21(2)37)40-30(32-20)34-29(38)33-27-18-36(16-24-10-13-39-19-24)12-9-25(27)17-35-11-3-4-23(15-35)14-22-5-7-26(31)8-6-22/h5-8,10,13,19,23,25,27H,3-4,9,11-12,14-18H2,1-2H3,(H2,32,33,34,38)/t23-,25-,27-/m0/s1. The van der Waals surface area contributed by atoms with Crippen molar-refractivity contribution in [2.75, 3.05) is 38.0 Å². The number of benzene rings is 1. The Morgan fingerprint density at radius 1 is 1.10 bits per heavy atom. The zero-order valence-corrected chi connectivity index (χ0v) is 24.0. The summed E-state index contributed by atoms with van der Waals surface area (Å²) in [6.45, 7) is 8.76. The number of furan rings is 1. The van der Waals surface area contributed by atoms with Gasteiger partial charge in [-0.15, -0.1) is 0 Å². The third-order valence-corrected chi connectivity index (χ3v) is 9.19. The van der Waals surface area contributed by atoms with E-state index in [0.29, 0.717) is 27.5 Å². The van der Waals surface area contributed by atoms with Crippen LogP contribution in [0.4, 0.5) is 14.3 Å². The van der Waals surface area contributed by atoms with Crippen molar-refractivity contribution in [1.29, 1.82) is 0 Å². The maximum Gasteiger partial charge on any atom is 0.321 e. The van der Waals surface area contributed by atoms with E-state index in [4.69, 9.17) is 4.42 Å². The topological polar surface area (TPSA) is 90.7 Å². The largest absolute Gasteiger partial charge is 0.472 e. The van der Waals surface area contributed by atoms with Crippen molar-refractivity contribution in [3.8, 4) is 0 Å². The molecule has 0 bridgehead atoms. The van der Waals surface area contributed by atoms with Crippen molar-refractivity contribution in [2.45, 2.75) is 52.1 Å². The van der Waals surface area contributed by atoms with E-state index in [1.807, 2.05) is 18.2 Å². The molecule has 3 aromatic rings. The van der Waals surface area contributed by atoms with Crippen LogP contribution in [0.5, 0.6) is 0 Å². The number of urea groups is 1. The number of nitrogens with zero attached hydrogens (tertiary/aromatic N) is 3. The van der Waals surface area contributed by atoms with Crippen molar-refractivity contribution in [1.82, 2.24) is 20.1 Å². The van der Waals surface area contributed by atoms with Gasteiger partial charge in [0.1, 0.15) is 5.82 Å². The van der Waals surface area contributed by atoms with Crippen molar-refractivity contribution in [2.24, 2.45) is 11.8 Å². The second-order valence-electron chi connectivity index (χ2n) is 11.2. The molecular weight excluding hydrogens is 529 g/mol. The molecule has 1 aromatic carbocycles. The molecule has 2 N–H and O–H groups in total. The molecule has 214 valence electrons. The molecule has 0 saturated carbocycles. The number of likely N-dealkylation sites (tertiary alicyclic amines) is 2. The van der Waals surface area contributed by atoms with Crippen molar-refractivity contribution >= 4 is 28.3 Å². The summed E-state index contributed by atoms with van der Waals surface area (Å²) in [7, 11) is 0. The van der Waals surface area contributed by atoms with Crippen molar-refractivity contribution in [3.05, 3.63) is 70.4 Å². The normalized spacial score (nSPS) is 22.2. The number of aryl methyl sites for hydroxylation is 1. The molecule has 10 heteroatoms. The molecule has 2 aromatic heterocycles. The quantitative estimate of drug-likeness (QED) is 0.339. The number of Topliss-reactive ketones (excluding diaryl/α,β-unsaturated/α-hetero) is 1. The molecule has 2 aliphatic heterocycles. The third kappa shape index (κ3) is 7.56. The van der Waals surface area contributed by atoms with Gasteiger partial charge >= 0.3 is 6.03 Å². The fourth-order valence-corrected chi connectivity index (χ4v) is 6.94. The Morgan fingerprint density at radius 2 is 1.93 bits per heavy atom. The second-order valence-corrected chi connectivity index (χ2v) is 12.2. The molecule has 5 rings (SSSR count). The summed E-state index contributed by atoms with van der Waals surface area (Å²) in [6, 6.07) is 8.53. The summed E-state index contributed by atoms with van der Waals surface area (Å²) < 4.78 is 18.6. The van der Waals surface area contributed by atoms with E-state index in [2.05, 4.69) is 25.4 Å². The zero-order valence-electron chi connectivity index (χ0n) is 23.2. The lowest BCUT2D eigenvalue weighted by Gasteiger charge is -2.42. The fourth-order valence-electron chi connectivity index (χ4n) is 6.08. The smallest absolute Gasteiger partial charge is 0.321 e. The lowest BCUT2D eigenvalue weighted by atomic mass is 9.87. The zero-order chi connectivity index (χ0) is 28.1. The summed E-state index contributed by atoms with van der Waals surface area (Å²) in [5.74, 6) is 0.602. The number of thiazole rings is 1. The molecule has 0 aliphatic carbocycles. The molecule has 0 unspecified atom stereocenters. The first-order chi connectivity index (χ1) is 19.3. The Labute approximate surface area is 239 Å². The molecule has 2 saturated heterocycles. The highest BCUT2D eigenvalue weighted by Gasteiger charge is 2.33. The number of carbonyl (C=O) groups is 2. The maximum absolute atomic E-state index is 13.4. The minimum atomic E-state index is -0.295. The molecule has 40 heavy (non-hydrogen) atoms. The first-order valence-corrected chi connectivity index (χ1v) is 14.9. The number of rotatable bonds is 9. The van der Waals surface area contributed by atoms with E-state index in [-0.39, 0.29) is 23.7 Å². The van der Waals surface area contributed by atoms with Gasteiger partial charge < -0.3 is 14.6 Å². The number of anilines is 1. The number of hydrogen-bond acceptors (Lipinski definition) is 7. The number of carbonyl (C=O) groups excluding carboxylic acids is 2. The summed E-state index contributed by atoms with van der Waals surface area (Å²) in [4.78, 5) is 34.8. The summed E-state index contributed by atoms with van der Waals surface area (Å²) in [5.41, 5.74) is 2.94. The van der Waals surface area contributed by atoms with Gasteiger partial charge in [-0.3, -0.25) is 15.0 Å². The van der Waals surface area contributed by atoms with Crippen LogP contribution in [0, 0.1) is 24.6 Å². The second kappa shape index (κ2) is 13.1. The van der Waals surface area contributed by atoms with Crippen LogP contribution in [0.15, 0.2) is 47.3 Å².